The molecule has 3 N–H and O–H groups in total. The van der Waals surface area contributed by atoms with Crippen LogP contribution in [0.4, 0.5) is 0 Å². The van der Waals surface area contributed by atoms with E-state index >= 15 is 0 Å². The number of benzene rings is 3. The summed E-state index contributed by atoms with van der Waals surface area (Å²) in [6.45, 7) is 8.40. The van der Waals surface area contributed by atoms with Crippen LogP contribution in [0.25, 0.3) is 5.57 Å². The number of aliphatic hydroxyl groups excluding tert-OH is 2. The third-order valence-electron chi connectivity index (χ3n) is 6.00. The molecule has 0 saturated carbocycles. The number of rotatable bonds is 14. The zero-order valence-corrected chi connectivity index (χ0v) is 22.4. The van der Waals surface area contributed by atoms with E-state index in [1.165, 1.54) is 0 Å². The molecule has 0 aliphatic heterocycles. The standard InChI is InChI=1S/C32H41NO4/c1-32(2,3)33-19-15-28(17-21-35)30-23-26(11-14-31(30)37-24-27-7-5-4-6-8-27)18-22-36-29-12-9-25(10-13-29)16-20-34/h4-14,17,23,33-35H,15-16,18-22,24H2,1-3H3/b28-17+. The first-order valence-electron chi connectivity index (χ1n) is 13.1. The average molecular weight is 504 g/mol. The maximum absolute atomic E-state index is 9.77. The van der Waals surface area contributed by atoms with Gasteiger partial charge in [0.1, 0.15) is 18.1 Å². The maximum atomic E-state index is 9.77. The van der Waals surface area contributed by atoms with Gasteiger partial charge in [-0.1, -0.05) is 54.6 Å². The van der Waals surface area contributed by atoms with Crippen LogP contribution in [0.15, 0.2) is 78.9 Å². The van der Waals surface area contributed by atoms with Crippen LogP contribution >= 0.6 is 0 Å². The molecule has 0 aliphatic carbocycles. The van der Waals surface area contributed by atoms with Gasteiger partial charge in [0.05, 0.1) is 13.2 Å². The fourth-order valence-electron chi connectivity index (χ4n) is 4.04. The highest BCUT2D eigenvalue weighted by Crippen LogP contribution is 2.31. The van der Waals surface area contributed by atoms with Crippen LogP contribution in [0.2, 0.25) is 0 Å². The van der Waals surface area contributed by atoms with E-state index in [0.717, 1.165) is 58.7 Å². The minimum atomic E-state index is -0.0252. The van der Waals surface area contributed by atoms with Crippen LogP contribution in [0.1, 0.15) is 49.4 Å². The summed E-state index contributed by atoms with van der Waals surface area (Å²) in [4.78, 5) is 0. The Labute approximate surface area is 221 Å². The van der Waals surface area contributed by atoms with Crippen molar-refractivity contribution in [2.24, 2.45) is 0 Å². The van der Waals surface area contributed by atoms with Crippen molar-refractivity contribution >= 4 is 5.57 Å². The monoisotopic (exact) mass is 503 g/mol. The highest BCUT2D eigenvalue weighted by molar-refractivity contribution is 5.71. The number of hydrogen-bond acceptors (Lipinski definition) is 5. The fourth-order valence-corrected chi connectivity index (χ4v) is 4.04. The summed E-state index contributed by atoms with van der Waals surface area (Å²) < 4.78 is 12.2. The van der Waals surface area contributed by atoms with Crippen LogP contribution in [-0.4, -0.2) is 42.1 Å². The summed E-state index contributed by atoms with van der Waals surface area (Å²) in [5.74, 6) is 1.63. The minimum absolute atomic E-state index is 0.0203. The Bertz CT molecular complexity index is 1100. The summed E-state index contributed by atoms with van der Waals surface area (Å²) in [5.41, 5.74) is 5.43. The summed E-state index contributed by atoms with van der Waals surface area (Å²) in [7, 11) is 0. The largest absolute Gasteiger partial charge is 0.493 e. The van der Waals surface area contributed by atoms with E-state index in [-0.39, 0.29) is 18.8 Å². The predicted octanol–water partition coefficient (Wildman–Crippen LogP) is 5.58. The number of nitrogens with one attached hydrogen (secondary N) is 1. The van der Waals surface area contributed by atoms with Crippen molar-refractivity contribution < 1.29 is 19.7 Å². The molecule has 0 aliphatic rings. The first-order chi connectivity index (χ1) is 17.9. The second-order valence-corrected chi connectivity index (χ2v) is 10.2. The topological polar surface area (TPSA) is 71.0 Å². The molecule has 0 unspecified atom stereocenters. The van der Waals surface area contributed by atoms with E-state index in [4.69, 9.17) is 14.6 Å². The molecule has 0 bridgehead atoms. The molecule has 3 aromatic rings. The summed E-state index contributed by atoms with van der Waals surface area (Å²) in [6.07, 6.45) is 4.05. The minimum Gasteiger partial charge on any atom is -0.493 e. The summed E-state index contributed by atoms with van der Waals surface area (Å²) in [6, 6.07) is 24.3. The number of ether oxygens (including phenoxy) is 2. The Morgan fingerprint density at radius 3 is 2.24 bits per heavy atom. The summed E-state index contributed by atoms with van der Waals surface area (Å²) >= 11 is 0. The molecule has 0 atom stereocenters. The van der Waals surface area contributed by atoms with Gasteiger partial charge in [-0.25, -0.2) is 0 Å². The molecule has 3 rings (SSSR count). The zero-order valence-electron chi connectivity index (χ0n) is 22.4. The lowest BCUT2D eigenvalue weighted by Crippen LogP contribution is -2.36. The lowest BCUT2D eigenvalue weighted by atomic mass is 9.97. The second kappa shape index (κ2) is 14.6. The Balaban J connectivity index is 1.74. The van der Waals surface area contributed by atoms with E-state index < -0.39 is 0 Å². The molecule has 0 saturated heterocycles. The molecule has 3 aromatic carbocycles. The normalized spacial score (nSPS) is 12.0. The maximum Gasteiger partial charge on any atom is 0.127 e. The number of aliphatic hydroxyl groups is 2. The van der Waals surface area contributed by atoms with E-state index in [9.17, 15) is 5.11 Å². The molecule has 5 nitrogen and oxygen atoms in total. The van der Waals surface area contributed by atoms with Gasteiger partial charge in [0.15, 0.2) is 0 Å². The Kier molecular flexibility index (Phi) is 11.2. The van der Waals surface area contributed by atoms with Crippen molar-refractivity contribution in [3.63, 3.8) is 0 Å². The van der Waals surface area contributed by atoms with Gasteiger partial charge in [-0.15, -0.1) is 0 Å². The Hall–Kier alpha value is -3.12. The van der Waals surface area contributed by atoms with E-state index in [2.05, 4.69) is 50.4 Å². The van der Waals surface area contributed by atoms with Crippen molar-refractivity contribution in [1.29, 1.82) is 0 Å². The van der Waals surface area contributed by atoms with Gasteiger partial charge in [0.2, 0.25) is 0 Å². The van der Waals surface area contributed by atoms with E-state index in [1.807, 2.05) is 54.6 Å². The SMILES string of the molecule is CC(C)(C)NCC/C(=C\CO)c1cc(CCOc2ccc(CCO)cc2)ccc1OCc1ccccc1. The molecule has 0 aromatic heterocycles. The lowest BCUT2D eigenvalue weighted by molar-refractivity contribution is 0.299. The molecule has 0 fully saturated rings. The van der Waals surface area contributed by atoms with Crippen LogP contribution in [-0.2, 0) is 19.4 Å². The Morgan fingerprint density at radius 1 is 0.838 bits per heavy atom. The zero-order chi connectivity index (χ0) is 26.5. The smallest absolute Gasteiger partial charge is 0.127 e. The molecule has 0 amide bonds. The summed E-state index contributed by atoms with van der Waals surface area (Å²) in [5, 5.41) is 22.4. The van der Waals surface area contributed by atoms with Gasteiger partial charge in [-0.3, -0.25) is 0 Å². The molecular weight excluding hydrogens is 462 g/mol. The highest BCUT2D eigenvalue weighted by atomic mass is 16.5. The van der Waals surface area contributed by atoms with E-state index in [1.54, 1.807) is 0 Å². The molecule has 0 spiro atoms. The first kappa shape index (κ1) is 28.5. The molecule has 37 heavy (non-hydrogen) atoms. The number of hydrogen-bond donors (Lipinski definition) is 3. The van der Waals surface area contributed by atoms with Gasteiger partial charge < -0.3 is 25.0 Å². The van der Waals surface area contributed by atoms with Crippen LogP contribution in [0, 0.1) is 0 Å². The van der Waals surface area contributed by atoms with E-state index in [0.29, 0.717) is 19.6 Å². The molecular formula is C32H41NO4. The van der Waals surface area contributed by atoms with Crippen molar-refractivity contribution in [3.8, 4) is 11.5 Å². The van der Waals surface area contributed by atoms with Crippen molar-refractivity contribution in [3.05, 3.63) is 101 Å². The predicted molar refractivity (Wildman–Crippen MR) is 151 cm³/mol. The van der Waals surface area contributed by atoms with Gasteiger partial charge in [0.25, 0.3) is 0 Å². The van der Waals surface area contributed by atoms with Crippen LogP contribution in [0.5, 0.6) is 11.5 Å². The quantitative estimate of drug-likeness (QED) is 0.268. The molecule has 198 valence electrons. The molecule has 0 radical (unpaired) electrons. The van der Waals surface area contributed by atoms with Crippen LogP contribution < -0.4 is 14.8 Å². The third-order valence-corrected chi connectivity index (χ3v) is 6.00. The van der Waals surface area contributed by atoms with Gasteiger partial charge in [-0.05, 0) is 86.7 Å². The Morgan fingerprint density at radius 2 is 1.57 bits per heavy atom. The van der Waals surface area contributed by atoms with Gasteiger partial charge in [-0.2, -0.15) is 0 Å². The molecule has 5 heteroatoms. The lowest BCUT2D eigenvalue weighted by Gasteiger charge is -2.22. The van der Waals surface area contributed by atoms with Crippen molar-refractivity contribution in [2.75, 3.05) is 26.4 Å². The second-order valence-electron chi connectivity index (χ2n) is 10.2. The fraction of sp³-hybridized carbons (Fsp3) is 0.375. The average Bonchev–Trinajstić information content (AvgIpc) is 2.88. The van der Waals surface area contributed by atoms with Crippen molar-refractivity contribution in [1.82, 2.24) is 5.32 Å². The van der Waals surface area contributed by atoms with Crippen LogP contribution in [0.3, 0.4) is 0 Å². The van der Waals surface area contributed by atoms with Crippen molar-refractivity contribution in [2.45, 2.75) is 52.2 Å². The van der Waals surface area contributed by atoms with Gasteiger partial charge >= 0.3 is 0 Å². The third kappa shape index (κ3) is 10.0. The highest BCUT2D eigenvalue weighted by Gasteiger charge is 2.14. The molecule has 0 heterocycles. The first-order valence-corrected chi connectivity index (χ1v) is 13.1. The van der Waals surface area contributed by atoms with Gasteiger partial charge in [0, 0.05) is 24.1 Å².